The average molecular weight is 605 g/mol. The van der Waals surface area contributed by atoms with E-state index in [4.69, 9.17) is 17.0 Å². The molecular weight excluding hydrogens is 573 g/mol. The Balaban J connectivity index is 1.67. The van der Waals surface area contributed by atoms with Crippen molar-refractivity contribution in [1.82, 2.24) is 13.9 Å². The highest BCUT2D eigenvalue weighted by Gasteiger charge is 2.38. The van der Waals surface area contributed by atoms with Crippen LogP contribution in [0.5, 0.6) is 0 Å². The van der Waals surface area contributed by atoms with E-state index in [-0.39, 0.29) is 38.9 Å². The highest BCUT2D eigenvalue weighted by atomic mass is 32.2. The molecule has 0 saturated carbocycles. The number of aromatic nitrogens is 3. The van der Waals surface area contributed by atoms with E-state index in [9.17, 15) is 19.6 Å². The first kappa shape index (κ1) is 29.6. The minimum atomic E-state index is -0.433. The van der Waals surface area contributed by atoms with Crippen LogP contribution in [0.1, 0.15) is 43.2 Å². The number of ether oxygens (including phenoxy) is 1. The number of para-hydroxylation sites is 1. The third-order valence-electron chi connectivity index (χ3n) is 7.70. The molecule has 0 aliphatic carbocycles. The number of benzene rings is 1. The van der Waals surface area contributed by atoms with E-state index >= 15 is 0 Å². The van der Waals surface area contributed by atoms with E-state index < -0.39 is 5.91 Å². The summed E-state index contributed by atoms with van der Waals surface area (Å²) in [6.07, 6.45) is 1.54. The van der Waals surface area contributed by atoms with Crippen LogP contribution in [0.2, 0.25) is 0 Å². The van der Waals surface area contributed by atoms with E-state index in [0.29, 0.717) is 52.9 Å². The Morgan fingerprint density at radius 1 is 1.10 bits per heavy atom. The largest absolute Gasteiger partial charge is 0.372 e. The first-order valence-corrected chi connectivity index (χ1v) is 14.9. The molecule has 2 aromatic heterocycles. The number of pyridine rings is 1. The molecule has 3 aromatic rings. The number of hydrogen-bond donors (Lipinski definition) is 0. The van der Waals surface area contributed by atoms with Gasteiger partial charge in [-0.3, -0.25) is 28.5 Å². The molecule has 0 N–H and O–H groups in total. The molecule has 12 heteroatoms. The summed E-state index contributed by atoms with van der Waals surface area (Å²) >= 11 is 6.75. The number of nitriles is 1. The van der Waals surface area contributed by atoms with Gasteiger partial charge in [0.05, 0.1) is 28.5 Å². The molecule has 2 atom stereocenters. The van der Waals surface area contributed by atoms with Gasteiger partial charge in [-0.2, -0.15) is 5.26 Å². The Bertz CT molecular complexity index is 1790. The maximum atomic E-state index is 14.0. The molecule has 0 spiro atoms. The summed E-state index contributed by atoms with van der Waals surface area (Å²) in [5.74, 6) is 0.200. The molecule has 5 rings (SSSR count). The van der Waals surface area contributed by atoms with Crippen molar-refractivity contribution in [2.45, 2.75) is 53.4 Å². The Morgan fingerprint density at radius 2 is 1.74 bits per heavy atom. The minimum absolute atomic E-state index is 0.0290. The van der Waals surface area contributed by atoms with Crippen LogP contribution >= 0.6 is 24.0 Å². The lowest BCUT2D eigenvalue weighted by atomic mass is 10.0. The molecule has 0 radical (unpaired) electrons. The van der Waals surface area contributed by atoms with Gasteiger partial charge in [0.15, 0.2) is 4.32 Å². The number of anilines is 2. The van der Waals surface area contributed by atoms with Crippen LogP contribution in [-0.4, -0.2) is 49.5 Å². The molecule has 1 aromatic carbocycles. The zero-order valence-electron chi connectivity index (χ0n) is 24.4. The van der Waals surface area contributed by atoms with Gasteiger partial charge in [0.1, 0.15) is 23.1 Å². The number of rotatable bonds is 5. The van der Waals surface area contributed by atoms with Crippen LogP contribution < -0.4 is 20.9 Å². The van der Waals surface area contributed by atoms with E-state index in [1.54, 1.807) is 36.2 Å². The van der Waals surface area contributed by atoms with Crippen molar-refractivity contribution >= 4 is 51.8 Å². The summed E-state index contributed by atoms with van der Waals surface area (Å²) in [6, 6.07) is 11.3. The van der Waals surface area contributed by atoms with Crippen LogP contribution in [0, 0.1) is 25.2 Å². The minimum Gasteiger partial charge on any atom is -0.372 e. The number of nitrogens with zero attached hydrogens (tertiary/aromatic N) is 6. The second kappa shape index (κ2) is 11.4. The van der Waals surface area contributed by atoms with Crippen molar-refractivity contribution in [3.05, 3.63) is 78.3 Å². The molecule has 2 unspecified atom stereocenters. The van der Waals surface area contributed by atoms with Crippen LogP contribution in [0.3, 0.4) is 0 Å². The van der Waals surface area contributed by atoms with E-state index in [1.165, 1.54) is 9.58 Å². The Hall–Kier alpha value is -3.92. The smallest absolute Gasteiger partial charge is 0.296 e. The SMILES string of the molecule is CCn1c(N2CC(C)OC(C)C2)c(/C=C2\SC(=S)N(c3c(C)n(C)n(-c4ccccc4)c3=O)C2=O)c(C)c(C#N)c1=O. The van der Waals surface area contributed by atoms with Gasteiger partial charge in [0.2, 0.25) is 0 Å². The Labute approximate surface area is 253 Å². The fourth-order valence-electron chi connectivity index (χ4n) is 5.73. The monoisotopic (exact) mass is 604 g/mol. The highest BCUT2D eigenvalue weighted by Crippen LogP contribution is 2.39. The second-order valence-corrected chi connectivity index (χ2v) is 12.2. The van der Waals surface area contributed by atoms with Crippen molar-refractivity contribution in [3.8, 4) is 11.8 Å². The predicted molar refractivity (Wildman–Crippen MR) is 169 cm³/mol. The van der Waals surface area contributed by atoms with Gasteiger partial charge in [0, 0.05) is 32.2 Å². The van der Waals surface area contributed by atoms with Gasteiger partial charge in [-0.25, -0.2) is 4.68 Å². The molecule has 4 heterocycles. The summed E-state index contributed by atoms with van der Waals surface area (Å²) in [4.78, 5) is 44.7. The van der Waals surface area contributed by atoms with Gasteiger partial charge < -0.3 is 9.64 Å². The van der Waals surface area contributed by atoms with Gasteiger partial charge in [-0.15, -0.1) is 0 Å². The van der Waals surface area contributed by atoms with Crippen molar-refractivity contribution in [2.24, 2.45) is 7.05 Å². The average Bonchev–Trinajstić information content (AvgIpc) is 3.34. The molecule has 2 aliphatic heterocycles. The zero-order valence-corrected chi connectivity index (χ0v) is 26.0. The third-order valence-corrected chi connectivity index (χ3v) is 9.00. The quantitative estimate of drug-likeness (QED) is 0.319. The molecule has 218 valence electrons. The molecular formula is C30H32N6O4S2. The van der Waals surface area contributed by atoms with Crippen LogP contribution in [0.4, 0.5) is 11.5 Å². The number of amides is 1. The summed E-state index contributed by atoms with van der Waals surface area (Å²) in [5.41, 5.74) is 1.82. The summed E-state index contributed by atoms with van der Waals surface area (Å²) in [5, 5.41) is 9.90. The lowest BCUT2D eigenvalue weighted by Crippen LogP contribution is -2.48. The normalized spacial score (nSPS) is 20.1. The molecule has 2 saturated heterocycles. The number of thiocarbonyl (C=S) groups is 1. The van der Waals surface area contributed by atoms with Gasteiger partial charge in [0.25, 0.3) is 17.0 Å². The number of morpholine rings is 1. The first-order valence-electron chi connectivity index (χ1n) is 13.7. The maximum absolute atomic E-state index is 14.0. The fraction of sp³-hybridized carbons (Fsp3) is 0.367. The Kier molecular flexibility index (Phi) is 8.02. The zero-order chi connectivity index (χ0) is 30.5. The van der Waals surface area contributed by atoms with Crippen molar-refractivity contribution < 1.29 is 9.53 Å². The van der Waals surface area contributed by atoms with Gasteiger partial charge in [-0.1, -0.05) is 42.2 Å². The van der Waals surface area contributed by atoms with Crippen LogP contribution in [-0.2, 0) is 23.1 Å². The molecule has 1 amide bonds. The second-order valence-electron chi connectivity index (χ2n) is 10.5. The van der Waals surface area contributed by atoms with E-state index in [0.717, 1.165) is 11.8 Å². The third kappa shape index (κ3) is 4.81. The molecule has 2 aliphatic rings. The fourth-order valence-corrected chi connectivity index (χ4v) is 6.98. The summed E-state index contributed by atoms with van der Waals surface area (Å²) in [6.45, 7) is 10.7. The van der Waals surface area contributed by atoms with Crippen molar-refractivity contribution in [1.29, 1.82) is 5.26 Å². The summed E-state index contributed by atoms with van der Waals surface area (Å²) in [7, 11) is 1.76. The molecule has 0 bridgehead atoms. The highest BCUT2D eigenvalue weighted by molar-refractivity contribution is 8.27. The van der Waals surface area contributed by atoms with Crippen molar-refractivity contribution in [2.75, 3.05) is 22.9 Å². The summed E-state index contributed by atoms with van der Waals surface area (Å²) < 4.78 is 11.0. The lowest BCUT2D eigenvalue weighted by molar-refractivity contribution is -0.113. The first-order chi connectivity index (χ1) is 20.0. The van der Waals surface area contributed by atoms with Crippen molar-refractivity contribution in [3.63, 3.8) is 0 Å². The number of carbonyl (C=O) groups is 1. The Morgan fingerprint density at radius 3 is 2.33 bits per heavy atom. The van der Waals surface area contributed by atoms with Gasteiger partial charge >= 0.3 is 0 Å². The standard InChI is InChI=1S/C30H32N6O4S2/c1-7-34-26(33-15-17(2)40-18(3)16-33)22(19(4)23(14-31)27(34)37)13-24-28(38)35(30(41)42-24)25-20(5)32(6)36(29(25)39)21-11-9-8-10-12-21/h8-13,17-18H,7,15-16H2,1-6H3/b24-13-. The van der Waals surface area contributed by atoms with Crippen LogP contribution in [0.15, 0.2) is 44.8 Å². The maximum Gasteiger partial charge on any atom is 0.296 e. The number of carbonyl (C=O) groups excluding carboxylic acids is 1. The van der Waals surface area contributed by atoms with E-state index in [2.05, 4.69) is 11.0 Å². The predicted octanol–water partition coefficient (Wildman–Crippen LogP) is 3.87. The molecule has 2 fully saturated rings. The number of hydrogen-bond acceptors (Lipinski definition) is 8. The lowest BCUT2D eigenvalue weighted by Gasteiger charge is -2.39. The number of thioether (sulfide) groups is 1. The van der Waals surface area contributed by atoms with Crippen LogP contribution in [0.25, 0.3) is 11.8 Å². The topological polar surface area (TPSA) is 106 Å². The van der Waals surface area contributed by atoms with E-state index in [1.807, 2.05) is 51.1 Å². The van der Waals surface area contributed by atoms with Gasteiger partial charge in [-0.05, 0) is 58.4 Å². The molecule has 10 nitrogen and oxygen atoms in total. The molecule has 42 heavy (non-hydrogen) atoms.